The molecule has 1 aromatic heterocycles. The first-order chi connectivity index (χ1) is 6.33. The fourth-order valence-electron chi connectivity index (χ4n) is 1.59. The predicted molar refractivity (Wildman–Crippen MR) is 50.1 cm³/mol. The number of nitrogens with two attached hydrogens (primary N) is 1. The molecule has 72 valence electrons. The van der Waals surface area contributed by atoms with Crippen molar-refractivity contribution in [2.45, 2.75) is 44.7 Å². The maximum absolute atomic E-state index is 5.99. The first-order valence-electron chi connectivity index (χ1n) is 4.98. The molecule has 4 heteroatoms. The lowest BCUT2D eigenvalue weighted by atomic mass is 10.2. The SMILES string of the molecule is CCC[C@@H](N)c1nncn1C1CC1. The molecule has 0 radical (unpaired) electrons. The van der Waals surface area contributed by atoms with Crippen LogP contribution in [0.5, 0.6) is 0 Å². The van der Waals surface area contributed by atoms with Gasteiger partial charge in [-0.15, -0.1) is 10.2 Å². The van der Waals surface area contributed by atoms with Crippen LogP contribution in [0, 0.1) is 0 Å². The Morgan fingerprint density at radius 3 is 3.08 bits per heavy atom. The van der Waals surface area contributed by atoms with E-state index in [1.165, 1.54) is 12.8 Å². The summed E-state index contributed by atoms with van der Waals surface area (Å²) in [6.07, 6.45) is 6.40. The van der Waals surface area contributed by atoms with Gasteiger partial charge in [-0.3, -0.25) is 0 Å². The molecule has 1 aliphatic rings. The molecule has 4 nitrogen and oxygen atoms in total. The Labute approximate surface area is 78.1 Å². The Bertz CT molecular complexity index is 277. The van der Waals surface area contributed by atoms with Gasteiger partial charge in [-0.25, -0.2) is 0 Å². The Kier molecular flexibility index (Phi) is 2.31. The van der Waals surface area contributed by atoms with Crippen LogP contribution < -0.4 is 5.73 Å². The minimum Gasteiger partial charge on any atom is -0.321 e. The van der Waals surface area contributed by atoms with Crippen LogP contribution in [-0.2, 0) is 0 Å². The summed E-state index contributed by atoms with van der Waals surface area (Å²) < 4.78 is 2.14. The van der Waals surface area contributed by atoms with Crippen molar-refractivity contribution < 1.29 is 0 Å². The first-order valence-corrected chi connectivity index (χ1v) is 4.98. The third-order valence-electron chi connectivity index (χ3n) is 2.47. The Morgan fingerprint density at radius 1 is 1.69 bits per heavy atom. The summed E-state index contributed by atoms with van der Waals surface area (Å²) in [4.78, 5) is 0. The lowest BCUT2D eigenvalue weighted by Crippen LogP contribution is -2.15. The molecule has 1 atom stereocenters. The van der Waals surface area contributed by atoms with Gasteiger partial charge in [0.25, 0.3) is 0 Å². The van der Waals surface area contributed by atoms with E-state index < -0.39 is 0 Å². The van der Waals surface area contributed by atoms with E-state index in [1.54, 1.807) is 0 Å². The Balaban J connectivity index is 2.13. The fourth-order valence-corrected chi connectivity index (χ4v) is 1.59. The molecule has 1 aliphatic carbocycles. The maximum Gasteiger partial charge on any atom is 0.150 e. The number of nitrogens with zero attached hydrogens (tertiary/aromatic N) is 3. The van der Waals surface area contributed by atoms with E-state index in [0.29, 0.717) is 6.04 Å². The number of rotatable bonds is 4. The smallest absolute Gasteiger partial charge is 0.150 e. The molecule has 1 saturated carbocycles. The molecule has 13 heavy (non-hydrogen) atoms. The number of aromatic nitrogens is 3. The average Bonchev–Trinajstić information content (AvgIpc) is 2.84. The van der Waals surface area contributed by atoms with E-state index >= 15 is 0 Å². The summed E-state index contributed by atoms with van der Waals surface area (Å²) in [6.45, 7) is 2.14. The van der Waals surface area contributed by atoms with Gasteiger partial charge in [-0.2, -0.15) is 0 Å². The second-order valence-electron chi connectivity index (χ2n) is 3.72. The van der Waals surface area contributed by atoms with Crippen molar-refractivity contribution >= 4 is 0 Å². The highest BCUT2D eigenvalue weighted by Gasteiger charge is 2.27. The third kappa shape index (κ3) is 1.72. The molecule has 2 rings (SSSR count). The Hall–Kier alpha value is -0.900. The van der Waals surface area contributed by atoms with Crippen LogP contribution in [0.3, 0.4) is 0 Å². The molecule has 0 unspecified atom stereocenters. The summed E-state index contributed by atoms with van der Waals surface area (Å²) >= 11 is 0. The average molecular weight is 180 g/mol. The van der Waals surface area contributed by atoms with Crippen molar-refractivity contribution in [1.82, 2.24) is 14.8 Å². The van der Waals surface area contributed by atoms with Gasteiger partial charge in [0.1, 0.15) is 12.2 Å². The fraction of sp³-hybridized carbons (Fsp3) is 0.778. The van der Waals surface area contributed by atoms with Crippen molar-refractivity contribution in [2.24, 2.45) is 5.73 Å². The molecule has 0 amide bonds. The summed E-state index contributed by atoms with van der Waals surface area (Å²) in [5.41, 5.74) is 5.99. The standard InChI is InChI=1S/C9H16N4/c1-2-3-8(10)9-12-11-6-13(9)7-4-5-7/h6-8H,2-5,10H2,1H3/t8-/m1/s1. The second-order valence-corrected chi connectivity index (χ2v) is 3.72. The highest BCUT2D eigenvalue weighted by atomic mass is 15.3. The van der Waals surface area contributed by atoms with Crippen molar-refractivity contribution in [1.29, 1.82) is 0 Å². The quantitative estimate of drug-likeness (QED) is 0.762. The monoisotopic (exact) mass is 180 g/mol. The van der Waals surface area contributed by atoms with E-state index in [0.717, 1.165) is 18.7 Å². The van der Waals surface area contributed by atoms with Crippen LogP contribution in [-0.4, -0.2) is 14.8 Å². The topological polar surface area (TPSA) is 56.7 Å². The van der Waals surface area contributed by atoms with Crippen molar-refractivity contribution in [3.8, 4) is 0 Å². The van der Waals surface area contributed by atoms with Crippen molar-refractivity contribution in [3.63, 3.8) is 0 Å². The number of hydrogen-bond acceptors (Lipinski definition) is 3. The minimum absolute atomic E-state index is 0.0631. The molecule has 1 aromatic rings. The van der Waals surface area contributed by atoms with E-state index in [2.05, 4.69) is 21.7 Å². The second kappa shape index (κ2) is 3.46. The van der Waals surface area contributed by atoms with Crippen LogP contribution in [0.25, 0.3) is 0 Å². The van der Waals surface area contributed by atoms with Gasteiger partial charge >= 0.3 is 0 Å². The lowest BCUT2D eigenvalue weighted by Gasteiger charge is -2.10. The van der Waals surface area contributed by atoms with Crippen LogP contribution >= 0.6 is 0 Å². The zero-order valence-electron chi connectivity index (χ0n) is 7.98. The molecule has 0 bridgehead atoms. The molecule has 2 N–H and O–H groups in total. The molecular formula is C9H16N4. The van der Waals surface area contributed by atoms with E-state index in [1.807, 2.05) is 6.33 Å². The molecule has 1 fully saturated rings. The van der Waals surface area contributed by atoms with Crippen LogP contribution in [0.15, 0.2) is 6.33 Å². The Morgan fingerprint density at radius 2 is 2.46 bits per heavy atom. The van der Waals surface area contributed by atoms with Gasteiger partial charge in [-0.1, -0.05) is 13.3 Å². The zero-order chi connectivity index (χ0) is 9.26. The van der Waals surface area contributed by atoms with Crippen molar-refractivity contribution in [2.75, 3.05) is 0 Å². The van der Waals surface area contributed by atoms with E-state index in [-0.39, 0.29) is 6.04 Å². The minimum atomic E-state index is 0.0631. The molecule has 0 spiro atoms. The van der Waals surface area contributed by atoms with Crippen LogP contribution in [0.2, 0.25) is 0 Å². The zero-order valence-corrected chi connectivity index (χ0v) is 7.98. The summed E-state index contributed by atoms with van der Waals surface area (Å²) in [6, 6.07) is 0.695. The molecule has 0 aliphatic heterocycles. The molecule has 1 heterocycles. The van der Waals surface area contributed by atoms with Gasteiger partial charge in [0.15, 0.2) is 0 Å². The summed E-state index contributed by atoms with van der Waals surface area (Å²) in [7, 11) is 0. The largest absolute Gasteiger partial charge is 0.321 e. The van der Waals surface area contributed by atoms with Gasteiger partial charge in [0, 0.05) is 6.04 Å². The normalized spacial score (nSPS) is 18.9. The summed E-state index contributed by atoms with van der Waals surface area (Å²) in [5.74, 6) is 0.962. The van der Waals surface area contributed by atoms with Gasteiger partial charge in [0.05, 0.1) is 6.04 Å². The molecule has 0 aromatic carbocycles. The van der Waals surface area contributed by atoms with Crippen molar-refractivity contribution in [3.05, 3.63) is 12.2 Å². The third-order valence-corrected chi connectivity index (χ3v) is 2.47. The number of hydrogen-bond donors (Lipinski definition) is 1. The highest BCUT2D eigenvalue weighted by Crippen LogP contribution is 2.36. The maximum atomic E-state index is 5.99. The molecule has 0 saturated heterocycles. The van der Waals surface area contributed by atoms with Gasteiger partial charge in [0.2, 0.25) is 0 Å². The predicted octanol–water partition coefficient (Wildman–Crippen LogP) is 1.41. The van der Waals surface area contributed by atoms with Gasteiger partial charge < -0.3 is 10.3 Å². The summed E-state index contributed by atoms with van der Waals surface area (Å²) in [5, 5.41) is 8.00. The van der Waals surface area contributed by atoms with E-state index in [9.17, 15) is 0 Å². The lowest BCUT2D eigenvalue weighted by molar-refractivity contribution is 0.554. The molecular weight excluding hydrogens is 164 g/mol. The van der Waals surface area contributed by atoms with Crippen LogP contribution in [0.4, 0.5) is 0 Å². The highest BCUT2D eigenvalue weighted by molar-refractivity contribution is 4.99. The van der Waals surface area contributed by atoms with Crippen LogP contribution in [0.1, 0.15) is 50.5 Å². The van der Waals surface area contributed by atoms with Gasteiger partial charge in [-0.05, 0) is 19.3 Å². The van der Waals surface area contributed by atoms with E-state index in [4.69, 9.17) is 5.73 Å². The first kappa shape index (κ1) is 8.69.